The fourth-order valence-electron chi connectivity index (χ4n) is 4.14. The maximum atomic E-state index is 13.9. The van der Waals surface area contributed by atoms with Gasteiger partial charge in [-0.05, 0) is 30.7 Å². The molecule has 0 aliphatic carbocycles. The van der Waals surface area contributed by atoms with E-state index in [4.69, 9.17) is 9.72 Å². The predicted octanol–water partition coefficient (Wildman–Crippen LogP) is 2.91. The molecule has 30 heavy (non-hydrogen) atoms. The van der Waals surface area contributed by atoms with Gasteiger partial charge in [0.15, 0.2) is 0 Å². The van der Waals surface area contributed by atoms with Gasteiger partial charge in [-0.15, -0.1) is 0 Å². The zero-order chi connectivity index (χ0) is 20.5. The first kappa shape index (κ1) is 19.2. The number of aromatic nitrogens is 2. The van der Waals surface area contributed by atoms with E-state index in [1.807, 2.05) is 30.3 Å². The molecule has 4 heterocycles. The first-order valence-electron chi connectivity index (χ1n) is 10.3. The van der Waals surface area contributed by atoms with Crippen molar-refractivity contribution in [3.05, 3.63) is 54.1 Å². The number of nitrogens with zero attached hydrogens (tertiary/aromatic N) is 4. The van der Waals surface area contributed by atoms with Gasteiger partial charge in [-0.3, -0.25) is 10.4 Å². The quantitative estimate of drug-likeness (QED) is 0.688. The Morgan fingerprint density at radius 3 is 2.83 bits per heavy atom. The summed E-state index contributed by atoms with van der Waals surface area (Å²) < 4.78 is 19.4. The minimum absolute atomic E-state index is 0.105. The predicted molar refractivity (Wildman–Crippen MR) is 116 cm³/mol. The lowest BCUT2D eigenvalue weighted by Crippen LogP contribution is -2.37. The molecule has 2 aliphatic rings. The number of fused-ring (bicyclic) bond motifs is 1. The molecule has 0 bridgehead atoms. The van der Waals surface area contributed by atoms with E-state index in [0.29, 0.717) is 13.2 Å². The summed E-state index contributed by atoms with van der Waals surface area (Å²) >= 11 is 0. The third-order valence-corrected chi connectivity index (χ3v) is 5.78. The van der Waals surface area contributed by atoms with E-state index in [9.17, 15) is 4.39 Å². The maximum Gasteiger partial charge on any atom is 0.131 e. The summed E-state index contributed by atoms with van der Waals surface area (Å²) in [5, 5.41) is 0.998. The van der Waals surface area contributed by atoms with Crippen molar-refractivity contribution >= 4 is 28.1 Å². The molecular weight excluding hydrogens is 383 g/mol. The summed E-state index contributed by atoms with van der Waals surface area (Å²) in [5.41, 5.74) is 10.1. The molecule has 2 N–H and O–H groups in total. The van der Waals surface area contributed by atoms with Crippen LogP contribution in [0.1, 0.15) is 18.2 Å². The fourth-order valence-corrected chi connectivity index (χ4v) is 4.14. The molecule has 2 aromatic heterocycles. The van der Waals surface area contributed by atoms with Crippen molar-refractivity contribution in [1.82, 2.24) is 20.8 Å². The molecule has 156 valence electrons. The second-order valence-corrected chi connectivity index (χ2v) is 7.64. The van der Waals surface area contributed by atoms with Crippen LogP contribution in [-0.2, 0) is 4.74 Å². The number of hydrogen-bond donors (Lipinski definition) is 2. The van der Waals surface area contributed by atoms with Gasteiger partial charge < -0.3 is 14.5 Å². The Balaban J connectivity index is 1.68. The van der Waals surface area contributed by atoms with Crippen molar-refractivity contribution in [2.45, 2.75) is 12.5 Å². The van der Waals surface area contributed by atoms with Gasteiger partial charge >= 0.3 is 0 Å². The van der Waals surface area contributed by atoms with E-state index in [-0.39, 0.29) is 11.9 Å². The third-order valence-electron chi connectivity index (χ3n) is 5.78. The first-order valence-corrected chi connectivity index (χ1v) is 10.3. The highest BCUT2D eigenvalue weighted by molar-refractivity contribution is 5.96. The van der Waals surface area contributed by atoms with Gasteiger partial charge in [-0.2, -0.15) is 0 Å². The summed E-state index contributed by atoms with van der Waals surface area (Å²) in [4.78, 5) is 14.0. The van der Waals surface area contributed by atoms with Gasteiger partial charge in [-0.1, -0.05) is 6.07 Å². The number of benzene rings is 1. The van der Waals surface area contributed by atoms with Gasteiger partial charge in [0.05, 0.1) is 36.2 Å². The standard InChI is InChI=1S/C22H25FN6O/c1-28(16-4-2-3-15(23)13-16)19-14-20(29-9-11-30-12-10-29)26-21-17(19)5-7-24-22(21)18-6-8-25-27-18/h2-5,7,13-14,18,25,27H,6,8-12H2,1H3. The van der Waals surface area contributed by atoms with Crippen LogP contribution >= 0.6 is 0 Å². The van der Waals surface area contributed by atoms with Crippen LogP contribution in [0.15, 0.2) is 42.6 Å². The van der Waals surface area contributed by atoms with E-state index in [1.54, 1.807) is 12.1 Å². The number of ether oxygens (including phenoxy) is 1. The largest absolute Gasteiger partial charge is 0.378 e. The number of hydrazine groups is 1. The topological polar surface area (TPSA) is 65.6 Å². The molecule has 0 spiro atoms. The summed E-state index contributed by atoms with van der Waals surface area (Å²) in [6, 6.07) is 10.8. The number of hydrogen-bond acceptors (Lipinski definition) is 7. The minimum Gasteiger partial charge on any atom is -0.378 e. The molecule has 8 heteroatoms. The zero-order valence-corrected chi connectivity index (χ0v) is 16.9. The van der Waals surface area contributed by atoms with Crippen LogP contribution in [0.25, 0.3) is 10.9 Å². The van der Waals surface area contributed by atoms with Gasteiger partial charge in [0.2, 0.25) is 0 Å². The molecular formula is C22H25FN6O. The molecule has 0 saturated carbocycles. The highest BCUT2D eigenvalue weighted by atomic mass is 19.1. The van der Waals surface area contributed by atoms with Crippen molar-refractivity contribution in [3.8, 4) is 0 Å². The Morgan fingerprint density at radius 2 is 2.07 bits per heavy atom. The molecule has 1 atom stereocenters. The molecule has 5 rings (SSSR count). The van der Waals surface area contributed by atoms with Crippen LogP contribution < -0.4 is 20.7 Å². The van der Waals surface area contributed by atoms with Crippen LogP contribution in [0.5, 0.6) is 0 Å². The average Bonchev–Trinajstić information content (AvgIpc) is 3.33. The van der Waals surface area contributed by atoms with Gasteiger partial charge in [0, 0.05) is 50.0 Å². The van der Waals surface area contributed by atoms with Crippen LogP contribution in [0.3, 0.4) is 0 Å². The minimum atomic E-state index is -0.255. The first-order chi connectivity index (χ1) is 14.7. The van der Waals surface area contributed by atoms with Crippen molar-refractivity contribution in [2.24, 2.45) is 0 Å². The van der Waals surface area contributed by atoms with Crippen molar-refractivity contribution in [1.29, 1.82) is 0 Å². The Morgan fingerprint density at radius 1 is 1.20 bits per heavy atom. The zero-order valence-electron chi connectivity index (χ0n) is 16.9. The number of rotatable bonds is 4. The molecule has 1 unspecified atom stereocenters. The van der Waals surface area contributed by atoms with Crippen molar-refractivity contribution < 1.29 is 9.13 Å². The van der Waals surface area contributed by atoms with E-state index in [2.05, 4.69) is 26.8 Å². The molecule has 1 aromatic carbocycles. The van der Waals surface area contributed by atoms with Crippen LogP contribution in [0, 0.1) is 5.82 Å². The second-order valence-electron chi connectivity index (χ2n) is 7.64. The number of morpholine rings is 1. The fraction of sp³-hybridized carbons (Fsp3) is 0.364. The highest BCUT2D eigenvalue weighted by Gasteiger charge is 2.24. The highest BCUT2D eigenvalue weighted by Crippen LogP contribution is 2.36. The van der Waals surface area contributed by atoms with E-state index >= 15 is 0 Å². The Bertz CT molecular complexity index is 1050. The maximum absolute atomic E-state index is 13.9. The summed E-state index contributed by atoms with van der Waals surface area (Å²) in [5.74, 6) is 0.638. The monoisotopic (exact) mass is 408 g/mol. The smallest absolute Gasteiger partial charge is 0.131 e. The molecule has 3 aromatic rings. The summed E-state index contributed by atoms with van der Waals surface area (Å²) in [6.07, 6.45) is 2.78. The van der Waals surface area contributed by atoms with E-state index in [0.717, 1.165) is 59.8 Å². The Hall–Kier alpha value is -2.81. The SMILES string of the molecule is CN(c1cccc(F)c1)c1cc(N2CCOCC2)nc2c(C3CCNN3)nccc12. The summed E-state index contributed by atoms with van der Waals surface area (Å²) in [7, 11) is 1.96. The normalized spacial score (nSPS) is 19.4. The number of anilines is 3. The lowest BCUT2D eigenvalue weighted by molar-refractivity contribution is 0.122. The van der Waals surface area contributed by atoms with Gasteiger partial charge in [-0.25, -0.2) is 14.8 Å². The molecule has 2 aliphatic heterocycles. The molecule has 0 radical (unpaired) electrons. The van der Waals surface area contributed by atoms with Gasteiger partial charge in [0.25, 0.3) is 0 Å². The lowest BCUT2D eigenvalue weighted by atomic mass is 10.1. The van der Waals surface area contributed by atoms with Crippen molar-refractivity contribution in [2.75, 3.05) is 49.7 Å². The number of pyridine rings is 2. The van der Waals surface area contributed by atoms with Gasteiger partial charge in [0.1, 0.15) is 11.6 Å². The third kappa shape index (κ3) is 3.58. The Kier molecular flexibility index (Phi) is 5.20. The lowest BCUT2D eigenvalue weighted by Gasteiger charge is -2.30. The average molecular weight is 408 g/mol. The van der Waals surface area contributed by atoms with Crippen LogP contribution in [-0.4, -0.2) is 49.9 Å². The van der Waals surface area contributed by atoms with E-state index in [1.165, 1.54) is 6.07 Å². The van der Waals surface area contributed by atoms with E-state index < -0.39 is 0 Å². The van der Waals surface area contributed by atoms with Crippen LogP contribution in [0.2, 0.25) is 0 Å². The molecule has 0 amide bonds. The van der Waals surface area contributed by atoms with Crippen molar-refractivity contribution in [3.63, 3.8) is 0 Å². The molecule has 7 nitrogen and oxygen atoms in total. The summed E-state index contributed by atoms with van der Waals surface area (Å²) in [6.45, 7) is 3.84. The number of halogens is 1. The second kappa shape index (κ2) is 8.14. The molecule has 2 saturated heterocycles. The van der Waals surface area contributed by atoms with Crippen LogP contribution in [0.4, 0.5) is 21.6 Å². The molecule has 2 fully saturated rings. The number of nitrogens with one attached hydrogen (secondary N) is 2. The Labute approximate surface area is 174 Å².